The first kappa shape index (κ1) is 19.1. The Morgan fingerprint density at radius 2 is 1.53 bits per heavy atom. The van der Waals surface area contributed by atoms with Crippen molar-refractivity contribution in [3.8, 4) is 0 Å². The third kappa shape index (κ3) is 4.62. The molecule has 0 aliphatic rings. The number of anilines is 3. The van der Waals surface area contributed by atoms with Gasteiger partial charge in [0, 0.05) is 28.5 Å². The quantitative estimate of drug-likeness (QED) is 0.447. The molecule has 0 fully saturated rings. The molecule has 0 atom stereocenters. The fourth-order valence-corrected chi connectivity index (χ4v) is 3.07. The van der Waals surface area contributed by atoms with Crippen molar-refractivity contribution < 1.29 is 9.59 Å². The molecule has 6 heteroatoms. The summed E-state index contributed by atoms with van der Waals surface area (Å²) >= 11 is 0. The number of nitrogens with one attached hydrogen (secondary N) is 3. The molecule has 0 radical (unpaired) electrons. The molecule has 0 bridgehead atoms. The number of hydrogen-bond acceptors (Lipinski definition) is 4. The molecule has 30 heavy (non-hydrogen) atoms. The first-order chi connectivity index (χ1) is 14.7. The zero-order valence-corrected chi connectivity index (χ0v) is 16.1. The third-order valence-corrected chi connectivity index (χ3v) is 4.54. The molecule has 3 N–H and O–H groups in total. The second-order valence-electron chi connectivity index (χ2n) is 6.68. The van der Waals surface area contributed by atoms with Crippen molar-refractivity contribution in [3.63, 3.8) is 0 Å². The van der Waals surface area contributed by atoms with Gasteiger partial charge in [0.1, 0.15) is 5.82 Å². The summed E-state index contributed by atoms with van der Waals surface area (Å²) < 4.78 is 0. The van der Waals surface area contributed by atoms with Crippen LogP contribution in [-0.4, -0.2) is 23.3 Å². The molecule has 1 heterocycles. The summed E-state index contributed by atoms with van der Waals surface area (Å²) in [5, 5.41) is 10.6. The molecule has 3 aromatic carbocycles. The molecule has 4 rings (SSSR count). The van der Waals surface area contributed by atoms with E-state index >= 15 is 0 Å². The summed E-state index contributed by atoms with van der Waals surface area (Å²) in [5.41, 5.74) is 1.90. The molecule has 6 nitrogen and oxygen atoms in total. The average Bonchev–Trinajstić information content (AvgIpc) is 2.79. The average molecular weight is 396 g/mol. The van der Waals surface area contributed by atoms with Crippen LogP contribution in [0.25, 0.3) is 10.8 Å². The molecule has 148 valence electrons. The SMILES string of the molecule is O=C(CNc1cccc(C(=O)Nc2ccccc2)c1)Nc1nccc2ccccc12. The van der Waals surface area contributed by atoms with E-state index < -0.39 is 0 Å². The van der Waals surface area contributed by atoms with E-state index in [-0.39, 0.29) is 18.4 Å². The zero-order valence-electron chi connectivity index (χ0n) is 16.1. The highest BCUT2D eigenvalue weighted by Gasteiger charge is 2.09. The predicted octanol–water partition coefficient (Wildman–Crippen LogP) is 4.54. The lowest BCUT2D eigenvalue weighted by molar-refractivity contribution is -0.114. The van der Waals surface area contributed by atoms with Crippen LogP contribution in [0.1, 0.15) is 10.4 Å². The summed E-state index contributed by atoms with van der Waals surface area (Å²) in [7, 11) is 0. The Hall–Kier alpha value is -4.19. The Morgan fingerprint density at radius 1 is 0.767 bits per heavy atom. The minimum atomic E-state index is -0.224. The highest BCUT2D eigenvalue weighted by Crippen LogP contribution is 2.20. The largest absolute Gasteiger partial charge is 0.376 e. The van der Waals surface area contributed by atoms with Crippen molar-refractivity contribution >= 4 is 39.8 Å². The minimum absolute atomic E-state index is 0.0503. The summed E-state index contributed by atoms with van der Waals surface area (Å²) in [6.45, 7) is 0.0503. The maximum absolute atomic E-state index is 12.4. The van der Waals surface area contributed by atoms with Gasteiger partial charge in [-0.25, -0.2) is 4.98 Å². The zero-order chi connectivity index (χ0) is 20.8. The van der Waals surface area contributed by atoms with Crippen molar-refractivity contribution in [2.75, 3.05) is 22.5 Å². The van der Waals surface area contributed by atoms with Gasteiger partial charge in [-0.2, -0.15) is 0 Å². The van der Waals surface area contributed by atoms with Crippen LogP contribution in [-0.2, 0) is 4.79 Å². The number of aromatic nitrogens is 1. The summed E-state index contributed by atoms with van der Waals surface area (Å²) in [6.07, 6.45) is 1.67. The molecule has 1 aromatic heterocycles. The number of nitrogens with zero attached hydrogens (tertiary/aromatic N) is 1. The number of benzene rings is 3. The molecule has 0 aliphatic heterocycles. The lowest BCUT2D eigenvalue weighted by atomic mass is 10.1. The fraction of sp³-hybridized carbons (Fsp3) is 0.0417. The molecule has 0 spiro atoms. The lowest BCUT2D eigenvalue weighted by Gasteiger charge is -2.10. The van der Waals surface area contributed by atoms with Gasteiger partial charge in [0.05, 0.1) is 6.54 Å². The summed E-state index contributed by atoms with van der Waals surface area (Å²) in [4.78, 5) is 29.1. The number of hydrogen-bond donors (Lipinski definition) is 3. The van der Waals surface area contributed by atoms with Gasteiger partial charge in [-0.1, -0.05) is 48.5 Å². The standard InChI is InChI=1S/C24H20N4O2/c29-22(28-23-21-12-5-4-7-17(21)13-14-25-23)16-26-20-11-6-8-18(15-20)24(30)27-19-9-2-1-3-10-19/h1-15,26H,16H2,(H,27,30)(H,25,28,29). The monoisotopic (exact) mass is 396 g/mol. The number of carbonyl (C=O) groups is 2. The van der Waals surface area contributed by atoms with E-state index in [2.05, 4.69) is 20.9 Å². The predicted molar refractivity (Wildman–Crippen MR) is 120 cm³/mol. The van der Waals surface area contributed by atoms with Crippen molar-refractivity contribution in [1.29, 1.82) is 0 Å². The van der Waals surface area contributed by atoms with E-state index in [1.165, 1.54) is 0 Å². The molecule has 0 unspecified atom stereocenters. The van der Waals surface area contributed by atoms with Crippen molar-refractivity contribution in [1.82, 2.24) is 4.98 Å². The van der Waals surface area contributed by atoms with Gasteiger partial charge < -0.3 is 16.0 Å². The van der Waals surface area contributed by atoms with Gasteiger partial charge in [0.25, 0.3) is 5.91 Å². The fourth-order valence-electron chi connectivity index (χ4n) is 3.07. The lowest BCUT2D eigenvalue weighted by Crippen LogP contribution is -2.22. The number of carbonyl (C=O) groups excluding carboxylic acids is 2. The molecule has 0 saturated heterocycles. The smallest absolute Gasteiger partial charge is 0.255 e. The van der Waals surface area contributed by atoms with Crippen molar-refractivity contribution in [3.05, 3.63) is 96.7 Å². The topological polar surface area (TPSA) is 83.1 Å². The summed E-state index contributed by atoms with van der Waals surface area (Å²) in [5.74, 6) is 0.0862. The van der Waals surface area contributed by atoms with Gasteiger partial charge in [-0.15, -0.1) is 0 Å². The van der Waals surface area contributed by atoms with Crippen LogP contribution < -0.4 is 16.0 Å². The molecule has 0 saturated carbocycles. The van der Waals surface area contributed by atoms with E-state index in [0.29, 0.717) is 17.1 Å². The van der Waals surface area contributed by atoms with Crippen LogP contribution in [0.3, 0.4) is 0 Å². The first-order valence-electron chi connectivity index (χ1n) is 9.53. The Balaban J connectivity index is 1.38. The third-order valence-electron chi connectivity index (χ3n) is 4.54. The van der Waals surface area contributed by atoms with Crippen molar-refractivity contribution in [2.24, 2.45) is 0 Å². The van der Waals surface area contributed by atoms with Crippen LogP contribution in [0, 0.1) is 0 Å². The Labute approximate surface area is 174 Å². The van der Waals surface area contributed by atoms with Crippen LogP contribution >= 0.6 is 0 Å². The van der Waals surface area contributed by atoms with Crippen LogP contribution in [0.2, 0.25) is 0 Å². The molecular weight excluding hydrogens is 376 g/mol. The normalized spacial score (nSPS) is 10.4. The Kier molecular flexibility index (Phi) is 5.66. The van der Waals surface area contributed by atoms with E-state index in [0.717, 1.165) is 16.5 Å². The Morgan fingerprint density at radius 3 is 2.40 bits per heavy atom. The van der Waals surface area contributed by atoms with Gasteiger partial charge in [0.15, 0.2) is 0 Å². The van der Waals surface area contributed by atoms with Gasteiger partial charge in [-0.05, 0) is 41.8 Å². The summed E-state index contributed by atoms with van der Waals surface area (Å²) in [6, 6.07) is 25.9. The molecule has 2 amide bonds. The molecule has 4 aromatic rings. The van der Waals surface area contributed by atoms with E-state index in [1.807, 2.05) is 66.7 Å². The van der Waals surface area contributed by atoms with Gasteiger partial charge in [0.2, 0.25) is 5.91 Å². The molecule has 0 aliphatic carbocycles. The van der Waals surface area contributed by atoms with Gasteiger partial charge in [-0.3, -0.25) is 9.59 Å². The number of fused-ring (bicyclic) bond motifs is 1. The highest BCUT2D eigenvalue weighted by molar-refractivity contribution is 6.05. The number of para-hydroxylation sites is 1. The maximum atomic E-state index is 12.4. The van der Waals surface area contributed by atoms with Crippen molar-refractivity contribution in [2.45, 2.75) is 0 Å². The maximum Gasteiger partial charge on any atom is 0.255 e. The minimum Gasteiger partial charge on any atom is -0.376 e. The number of amides is 2. The number of rotatable bonds is 6. The van der Waals surface area contributed by atoms with Crippen LogP contribution in [0.4, 0.5) is 17.2 Å². The second kappa shape index (κ2) is 8.87. The Bertz CT molecular complexity index is 1190. The van der Waals surface area contributed by atoms with E-state index in [4.69, 9.17) is 0 Å². The molecular formula is C24H20N4O2. The van der Waals surface area contributed by atoms with E-state index in [9.17, 15) is 9.59 Å². The number of pyridine rings is 1. The van der Waals surface area contributed by atoms with Crippen LogP contribution in [0.5, 0.6) is 0 Å². The first-order valence-corrected chi connectivity index (χ1v) is 9.53. The van der Waals surface area contributed by atoms with Gasteiger partial charge >= 0.3 is 0 Å². The second-order valence-corrected chi connectivity index (χ2v) is 6.68. The van der Waals surface area contributed by atoms with E-state index in [1.54, 1.807) is 24.4 Å². The highest BCUT2D eigenvalue weighted by atomic mass is 16.2. The van der Waals surface area contributed by atoms with Crippen LogP contribution in [0.15, 0.2) is 91.1 Å².